The largest absolute Gasteiger partial charge is 0.342 e. The quantitative estimate of drug-likeness (QED) is 0.784. The average Bonchev–Trinajstić information content (AvgIpc) is 3.01. The second kappa shape index (κ2) is 6.33. The molecule has 1 amide bonds. The third-order valence-electron chi connectivity index (χ3n) is 4.97. The van der Waals surface area contributed by atoms with Crippen molar-refractivity contribution >= 4 is 16.9 Å². The molecule has 0 bridgehead atoms. The van der Waals surface area contributed by atoms with Gasteiger partial charge in [0.2, 0.25) is 0 Å². The molecule has 0 saturated carbocycles. The first-order chi connectivity index (χ1) is 12.1. The molecule has 1 aromatic heterocycles. The number of hydrogen-bond donors (Lipinski definition) is 1. The summed E-state index contributed by atoms with van der Waals surface area (Å²) in [5.74, 6) is 0.950. The maximum Gasteiger partial charge on any atom is 0.254 e. The molecule has 1 aliphatic heterocycles. The van der Waals surface area contributed by atoms with Gasteiger partial charge in [-0.2, -0.15) is 0 Å². The Kier molecular flexibility index (Phi) is 4.01. The van der Waals surface area contributed by atoms with E-state index in [9.17, 15) is 4.79 Å². The number of hydrogen-bond acceptors (Lipinski definition) is 3. The fourth-order valence-electron chi connectivity index (χ4n) is 3.55. The fourth-order valence-corrected chi connectivity index (χ4v) is 3.55. The number of nitrogens with one attached hydrogen (secondary N) is 1. The van der Waals surface area contributed by atoms with Gasteiger partial charge in [0.1, 0.15) is 5.82 Å². The van der Waals surface area contributed by atoms with Crippen LogP contribution in [-0.2, 0) is 0 Å². The summed E-state index contributed by atoms with van der Waals surface area (Å²) >= 11 is 0. The van der Waals surface area contributed by atoms with E-state index in [-0.39, 0.29) is 11.9 Å². The van der Waals surface area contributed by atoms with E-state index >= 15 is 0 Å². The van der Waals surface area contributed by atoms with Crippen molar-refractivity contribution < 1.29 is 4.79 Å². The van der Waals surface area contributed by atoms with Crippen molar-refractivity contribution in [3.05, 3.63) is 65.5 Å². The Balaban J connectivity index is 1.58. The van der Waals surface area contributed by atoms with Gasteiger partial charge in [-0.25, -0.2) is 4.98 Å². The minimum Gasteiger partial charge on any atom is -0.342 e. The van der Waals surface area contributed by atoms with Gasteiger partial charge in [0.05, 0.1) is 17.1 Å². The Morgan fingerprint density at radius 2 is 1.96 bits per heavy atom. The van der Waals surface area contributed by atoms with Crippen LogP contribution in [0.3, 0.4) is 0 Å². The maximum atomic E-state index is 13.0. The summed E-state index contributed by atoms with van der Waals surface area (Å²) in [6, 6.07) is 16.3. The van der Waals surface area contributed by atoms with Crippen molar-refractivity contribution in [1.82, 2.24) is 19.8 Å². The summed E-state index contributed by atoms with van der Waals surface area (Å²) in [5.41, 5.74) is 3.78. The molecule has 2 aromatic carbocycles. The van der Waals surface area contributed by atoms with Crippen LogP contribution < -0.4 is 0 Å². The molecule has 1 fully saturated rings. The predicted molar refractivity (Wildman–Crippen MR) is 98.5 cm³/mol. The molecule has 1 unspecified atom stereocenters. The molecular formula is C20H22N4O. The number of likely N-dealkylation sites (N-methyl/N-ethyl adjacent to an activating group) is 1. The molecule has 25 heavy (non-hydrogen) atoms. The van der Waals surface area contributed by atoms with Crippen LogP contribution in [0.1, 0.15) is 27.8 Å². The van der Waals surface area contributed by atoms with Crippen molar-refractivity contribution in [3.8, 4) is 0 Å². The molecule has 1 saturated heterocycles. The minimum absolute atomic E-state index is 0.0863. The second-order valence-electron chi connectivity index (χ2n) is 6.71. The van der Waals surface area contributed by atoms with Gasteiger partial charge < -0.3 is 9.88 Å². The molecule has 3 aromatic rings. The van der Waals surface area contributed by atoms with E-state index in [2.05, 4.69) is 46.2 Å². The monoisotopic (exact) mass is 334 g/mol. The first-order valence-corrected chi connectivity index (χ1v) is 8.62. The van der Waals surface area contributed by atoms with Crippen LogP contribution in [0, 0.1) is 6.92 Å². The Labute approximate surface area is 147 Å². The lowest BCUT2D eigenvalue weighted by Crippen LogP contribution is -2.49. The van der Waals surface area contributed by atoms with Crippen LogP contribution in [0.25, 0.3) is 11.0 Å². The first-order valence-electron chi connectivity index (χ1n) is 8.62. The molecule has 5 heteroatoms. The highest BCUT2D eigenvalue weighted by atomic mass is 16.2. The lowest BCUT2D eigenvalue weighted by atomic mass is 10.0. The van der Waals surface area contributed by atoms with E-state index in [4.69, 9.17) is 0 Å². The van der Waals surface area contributed by atoms with Crippen molar-refractivity contribution in [1.29, 1.82) is 0 Å². The summed E-state index contributed by atoms with van der Waals surface area (Å²) in [6.07, 6.45) is 0. The molecule has 1 atom stereocenters. The first kappa shape index (κ1) is 15.8. The normalized spacial score (nSPS) is 18.6. The van der Waals surface area contributed by atoms with E-state index in [1.54, 1.807) is 0 Å². The number of carbonyl (C=O) groups excluding carboxylic acids is 1. The van der Waals surface area contributed by atoms with Crippen LogP contribution in [-0.4, -0.2) is 52.4 Å². The molecule has 2 heterocycles. The zero-order valence-corrected chi connectivity index (χ0v) is 14.6. The fraction of sp³-hybridized carbons (Fsp3) is 0.300. The van der Waals surface area contributed by atoms with Crippen molar-refractivity contribution in [2.45, 2.75) is 13.0 Å². The molecule has 0 radical (unpaired) electrons. The SMILES string of the molecule is Cc1nc2ccc(C(=O)N3CCN(C)C(c4ccccc4)C3)cc2[nH]1. The molecule has 0 spiro atoms. The van der Waals surface area contributed by atoms with Crippen molar-refractivity contribution in [2.24, 2.45) is 0 Å². The van der Waals surface area contributed by atoms with Gasteiger partial charge in [-0.05, 0) is 37.7 Å². The Bertz CT molecular complexity index is 902. The molecule has 0 aliphatic carbocycles. The van der Waals surface area contributed by atoms with E-state index in [0.29, 0.717) is 12.1 Å². The minimum atomic E-state index is 0.0863. The van der Waals surface area contributed by atoms with Gasteiger partial charge in [-0.15, -0.1) is 0 Å². The van der Waals surface area contributed by atoms with Gasteiger partial charge in [0.15, 0.2) is 0 Å². The van der Waals surface area contributed by atoms with Gasteiger partial charge >= 0.3 is 0 Å². The second-order valence-corrected chi connectivity index (χ2v) is 6.71. The van der Waals surface area contributed by atoms with Crippen LogP contribution in [0.15, 0.2) is 48.5 Å². The summed E-state index contributed by atoms with van der Waals surface area (Å²) < 4.78 is 0. The summed E-state index contributed by atoms with van der Waals surface area (Å²) in [5, 5.41) is 0. The zero-order valence-electron chi connectivity index (χ0n) is 14.6. The molecule has 5 nitrogen and oxygen atoms in total. The van der Waals surface area contributed by atoms with E-state index in [0.717, 1.165) is 29.9 Å². The number of imidazole rings is 1. The third kappa shape index (κ3) is 3.03. The van der Waals surface area contributed by atoms with Crippen molar-refractivity contribution in [2.75, 3.05) is 26.7 Å². The lowest BCUT2D eigenvalue weighted by molar-refractivity contribution is 0.0546. The molecule has 128 valence electrons. The van der Waals surface area contributed by atoms with E-state index < -0.39 is 0 Å². The van der Waals surface area contributed by atoms with Gasteiger partial charge in [-0.3, -0.25) is 9.69 Å². The van der Waals surface area contributed by atoms with Crippen molar-refractivity contribution in [3.63, 3.8) is 0 Å². The number of benzene rings is 2. The van der Waals surface area contributed by atoms with Gasteiger partial charge in [0, 0.05) is 25.2 Å². The smallest absolute Gasteiger partial charge is 0.254 e. The highest BCUT2D eigenvalue weighted by Gasteiger charge is 2.29. The van der Waals surface area contributed by atoms with Gasteiger partial charge in [0.25, 0.3) is 5.91 Å². The number of fused-ring (bicyclic) bond motifs is 1. The van der Waals surface area contributed by atoms with Crippen LogP contribution in [0.5, 0.6) is 0 Å². The molecule has 1 aliphatic rings. The Morgan fingerprint density at radius 3 is 2.76 bits per heavy atom. The Morgan fingerprint density at radius 1 is 1.16 bits per heavy atom. The number of amides is 1. The highest BCUT2D eigenvalue weighted by molar-refractivity contribution is 5.97. The number of piperazine rings is 1. The number of aromatic amines is 1. The third-order valence-corrected chi connectivity index (χ3v) is 4.97. The number of aryl methyl sites for hydroxylation is 1. The summed E-state index contributed by atoms with van der Waals surface area (Å²) in [6.45, 7) is 4.25. The molecule has 4 rings (SSSR count). The number of nitrogens with zero attached hydrogens (tertiary/aromatic N) is 3. The van der Waals surface area contributed by atoms with Crippen LogP contribution in [0.4, 0.5) is 0 Å². The number of carbonyl (C=O) groups is 1. The maximum absolute atomic E-state index is 13.0. The molecule has 1 N–H and O–H groups in total. The summed E-state index contributed by atoms with van der Waals surface area (Å²) in [4.78, 5) is 24.9. The lowest BCUT2D eigenvalue weighted by Gasteiger charge is -2.39. The standard InChI is InChI=1S/C20H22N4O/c1-14-21-17-9-8-16(12-18(17)22-14)20(25)24-11-10-23(2)19(13-24)15-6-4-3-5-7-15/h3-9,12,19H,10-11,13H2,1-2H3,(H,21,22). The topological polar surface area (TPSA) is 52.2 Å². The number of rotatable bonds is 2. The van der Waals surface area contributed by atoms with Gasteiger partial charge in [-0.1, -0.05) is 30.3 Å². The number of aromatic nitrogens is 2. The average molecular weight is 334 g/mol. The number of H-pyrrole nitrogens is 1. The Hall–Kier alpha value is -2.66. The van der Waals surface area contributed by atoms with E-state index in [1.807, 2.05) is 36.1 Å². The zero-order chi connectivity index (χ0) is 17.4. The summed E-state index contributed by atoms with van der Waals surface area (Å²) in [7, 11) is 2.12. The van der Waals surface area contributed by atoms with Crippen LogP contribution >= 0.6 is 0 Å². The highest BCUT2D eigenvalue weighted by Crippen LogP contribution is 2.25. The predicted octanol–water partition coefficient (Wildman–Crippen LogP) is 3.00. The van der Waals surface area contributed by atoms with Crippen LogP contribution in [0.2, 0.25) is 0 Å². The molecular weight excluding hydrogens is 312 g/mol. The van der Waals surface area contributed by atoms with E-state index in [1.165, 1.54) is 5.56 Å².